The summed E-state index contributed by atoms with van der Waals surface area (Å²) in [5.41, 5.74) is 2.20. The van der Waals surface area contributed by atoms with Crippen molar-refractivity contribution < 1.29 is 4.79 Å². The number of benzene rings is 2. The molecule has 0 saturated heterocycles. The van der Waals surface area contributed by atoms with Crippen LogP contribution in [0.1, 0.15) is 22.3 Å². The fourth-order valence-corrected chi connectivity index (χ4v) is 5.11. The molecule has 2 heterocycles. The van der Waals surface area contributed by atoms with Crippen molar-refractivity contribution in [1.82, 2.24) is 14.5 Å². The molecule has 0 aliphatic carbocycles. The van der Waals surface area contributed by atoms with Crippen molar-refractivity contribution in [3.05, 3.63) is 75.2 Å². The summed E-state index contributed by atoms with van der Waals surface area (Å²) < 4.78 is 2.91. The highest BCUT2D eigenvalue weighted by molar-refractivity contribution is 7.22. The van der Waals surface area contributed by atoms with Crippen LogP contribution in [0.5, 0.6) is 0 Å². The van der Waals surface area contributed by atoms with Crippen molar-refractivity contribution >= 4 is 79.8 Å². The average molecular weight is 516 g/mol. The minimum Gasteiger partial charge on any atom is -0.337 e. The Bertz CT molecular complexity index is 1210. The van der Waals surface area contributed by atoms with Crippen molar-refractivity contribution in [1.29, 1.82) is 0 Å². The second kappa shape index (κ2) is 10.2. The van der Waals surface area contributed by atoms with Crippen molar-refractivity contribution in [3.63, 3.8) is 0 Å². The van der Waals surface area contributed by atoms with Gasteiger partial charge in [-0.05, 0) is 49.2 Å². The summed E-state index contributed by atoms with van der Waals surface area (Å²) in [5, 5.41) is 2.05. The Morgan fingerprint density at radius 1 is 1.16 bits per heavy atom. The SMILES string of the molecule is Cc1cc(Cl)cc2sc(N(CCCn3ccnc3)C(=O)c3ccc(Cl)cc3Cl)nc12.Cl. The molecule has 0 fully saturated rings. The van der Waals surface area contributed by atoms with E-state index < -0.39 is 0 Å². The molecule has 5 nitrogen and oxygen atoms in total. The van der Waals surface area contributed by atoms with E-state index in [2.05, 4.69) is 4.98 Å². The summed E-state index contributed by atoms with van der Waals surface area (Å²) in [4.78, 5) is 23.9. The topological polar surface area (TPSA) is 51.0 Å². The molecule has 31 heavy (non-hydrogen) atoms. The fourth-order valence-electron chi connectivity index (χ4n) is 3.18. The zero-order valence-electron chi connectivity index (χ0n) is 16.4. The van der Waals surface area contributed by atoms with E-state index in [1.807, 2.05) is 29.8 Å². The molecule has 2 aromatic carbocycles. The Kier molecular flexibility index (Phi) is 7.83. The van der Waals surface area contributed by atoms with E-state index in [9.17, 15) is 4.79 Å². The molecular weight excluding hydrogens is 498 g/mol. The number of carbonyl (C=O) groups is 1. The Morgan fingerprint density at radius 2 is 1.97 bits per heavy atom. The van der Waals surface area contributed by atoms with Gasteiger partial charge in [-0.2, -0.15) is 0 Å². The highest BCUT2D eigenvalue weighted by atomic mass is 35.5. The molecular formula is C21H18Cl4N4OS. The summed E-state index contributed by atoms with van der Waals surface area (Å²) in [6.07, 6.45) is 6.11. The molecule has 0 aliphatic heterocycles. The highest BCUT2D eigenvalue weighted by Gasteiger charge is 2.23. The Morgan fingerprint density at radius 3 is 2.68 bits per heavy atom. The number of hydrogen-bond acceptors (Lipinski definition) is 4. The maximum absolute atomic E-state index is 13.4. The molecule has 0 saturated carbocycles. The van der Waals surface area contributed by atoms with Crippen LogP contribution in [0.2, 0.25) is 15.1 Å². The molecule has 4 rings (SSSR count). The second-order valence-corrected chi connectivity index (χ2v) is 9.09. The molecule has 4 aromatic rings. The van der Waals surface area contributed by atoms with E-state index >= 15 is 0 Å². The molecule has 0 N–H and O–H groups in total. The van der Waals surface area contributed by atoms with Gasteiger partial charge in [0.15, 0.2) is 5.13 Å². The number of amides is 1. The van der Waals surface area contributed by atoms with E-state index in [1.165, 1.54) is 11.3 Å². The molecule has 10 heteroatoms. The fraction of sp³-hybridized carbons (Fsp3) is 0.190. The number of aryl methyl sites for hydroxylation is 2. The third-order valence-electron chi connectivity index (χ3n) is 4.63. The zero-order chi connectivity index (χ0) is 21.3. The van der Waals surface area contributed by atoms with Crippen LogP contribution < -0.4 is 4.90 Å². The normalized spacial score (nSPS) is 10.8. The Hall–Kier alpha value is -1.83. The van der Waals surface area contributed by atoms with Crippen LogP contribution in [0.15, 0.2) is 49.1 Å². The predicted octanol–water partition coefficient (Wildman–Crippen LogP) is 6.92. The third-order valence-corrected chi connectivity index (χ3v) is 6.43. The maximum Gasteiger partial charge on any atom is 0.261 e. The minimum atomic E-state index is -0.217. The summed E-state index contributed by atoms with van der Waals surface area (Å²) in [5.74, 6) is -0.217. The summed E-state index contributed by atoms with van der Waals surface area (Å²) in [6.45, 7) is 3.16. The standard InChI is InChI=1S/C21H17Cl3N4OS.ClH/c1-13-9-15(23)11-18-19(13)26-21(30-18)28(7-2-6-27-8-5-25-12-27)20(29)16-4-3-14(22)10-17(16)24;/h3-5,8-12H,2,6-7H2,1H3;1H. The smallest absolute Gasteiger partial charge is 0.261 e. The minimum absolute atomic E-state index is 0. The van der Waals surface area contributed by atoms with Crippen LogP contribution in [0, 0.1) is 6.92 Å². The molecule has 0 radical (unpaired) electrons. The number of rotatable bonds is 6. The van der Waals surface area contributed by atoms with E-state index in [4.69, 9.17) is 39.8 Å². The predicted molar refractivity (Wildman–Crippen MR) is 132 cm³/mol. The molecule has 0 bridgehead atoms. The lowest BCUT2D eigenvalue weighted by molar-refractivity contribution is 0.0986. The number of imidazole rings is 1. The molecule has 2 aromatic heterocycles. The van der Waals surface area contributed by atoms with Crippen LogP contribution in [0.4, 0.5) is 5.13 Å². The van der Waals surface area contributed by atoms with Gasteiger partial charge in [-0.1, -0.05) is 46.1 Å². The van der Waals surface area contributed by atoms with Gasteiger partial charge in [-0.25, -0.2) is 9.97 Å². The van der Waals surface area contributed by atoms with E-state index in [1.54, 1.807) is 35.6 Å². The first kappa shape index (κ1) is 23.8. The van der Waals surface area contributed by atoms with Crippen LogP contribution >= 0.6 is 58.5 Å². The van der Waals surface area contributed by atoms with Gasteiger partial charge in [0, 0.05) is 35.5 Å². The molecule has 0 unspecified atom stereocenters. The number of thiazole rings is 1. The molecule has 0 spiro atoms. The monoisotopic (exact) mass is 514 g/mol. The van der Waals surface area contributed by atoms with Gasteiger partial charge in [-0.3, -0.25) is 9.69 Å². The lowest BCUT2D eigenvalue weighted by Gasteiger charge is -2.20. The van der Waals surface area contributed by atoms with Gasteiger partial charge in [0.1, 0.15) is 0 Å². The first-order valence-corrected chi connectivity index (χ1v) is 11.2. The number of halogens is 4. The number of nitrogens with zero attached hydrogens (tertiary/aromatic N) is 4. The summed E-state index contributed by atoms with van der Waals surface area (Å²) in [7, 11) is 0. The van der Waals surface area contributed by atoms with E-state index in [0.29, 0.717) is 32.3 Å². The van der Waals surface area contributed by atoms with Crippen molar-refractivity contribution in [3.8, 4) is 0 Å². The van der Waals surface area contributed by atoms with Gasteiger partial charge in [-0.15, -0.1) is 12.4 Å². The van der Waals surface area contributed by atoms with Crippen LogP contribution in [-0.2, 0) is 6.54 Å². The Balaban J connectivity index is 0.00000272. The highest BCUT2D eigenvalue weighted by Crippen LogP contribution is 2.34. The number of hydrogen-bond donors (Lipinski definition) is 0. The zero-order valence-corrected chi connectivity index (χ0v) is 20.3. The van der Waals surface area contributed by atoms with Crippen LogP contribution in [0.25, 0.3) is 10.2 Å². The van der Waals surface area contributed by atoms with Gasteiger partial charge < -0.3 is 4.57 Å². The molecule has 0 aliphatic rings. The third kappa shape index (κ3) is 5.33. The summed E-state index contributed by atoms with van der Waals surface area (Å²) >= 11 is 20.0. The first-order chi connectivity index (χ1) is 14.4. The van der Waals surface area contributed by atoms with E-state index in [0.717, 1.165) is 28.7 Å². The molecule has 1 amide bonds. The quantitative estimate of drug-likeness (QED) is 0.280. The van der Waals surface area contributed by atoms with Gasteiger partial charge in [0.2, 0.25) is 0 Å². The van der Waals surface area contributed by atoms with Gasteiger partial charge in [0.25, 0.3) is 5.91 Å². The number of anilines is 1. The van der Waals surface area contributed by atoms with Crippen molar-refractivity contribution in [2.45, 2.75) is 19.9 Å². The molecule has 162 valence electrons. The Labute approximate surface area is 205 Å². The largest absolute Gasteiger partial charge is 0.337 e. The average Bonchev–Trinajstić information content (AvgIpc) is 3.34. The van der Waals surface area contributed by atoms with E-state index in [-0.39, 0.29) is 18.3 Å². The molecule has 0 atom stereocenters. The number of aromatic nitrogens is 3. The van der Waals surface area contributed by atoms with Crippen LogP contribution in [0.3, 0.4) is 0 Å². The van der Waals surface area contributed by atoms with Crippen LogP contribution in [-0.4, -0.2) is 27.0 Å². The number of fused-ring (bicyclic) bond motifs is 1. The van der Waals surface area contributed by atoms with Crippen molar-refractivity contribution in [2.24, 2.45) is 0 Å². The van der Waals surface area contributed by atoms with Crippen molar-refractivity contribution in [2.75, 3.05) is 11.4 Å². The first-order valence-electron chi connectivity index (χ1n) is 9.22. The second-order valence-electron chi connectivity index (χ2n) is 6.80. The lowest BCUT2D eigenvalue weighted by Crippen LogP contribution is -2.32. The van der Waals surface area contributed by atoms with Gasteiger partial charge in [0.05, 0.1) is 27.1 Å². The summed E-state index contributed by atoms with van der Waals surface area (Å²) in [6, 6.07) is 8.61. The number of carbonyl (C=O) groups excluding carboxylic acids is 1. The maximum atomic E-state index is 13.4. The lowest BCUT2D eigenvalue weighted by atomic mass is 10.2. The van der Waals surface area contributed by atoms with Gasteiger partial charge >= 0.3 is 0 Å².